The first kappa shape index (κ1) is 16.5. The summed E-state index contributed by atoms with van der Waals surface area (Å²) in [7, 11) is 0. The number of benzene rings is 1. The molecule has 25 heavy (non-hydrogen) atoms. The molecule has 1 saturated heterocycles. The zero-order valence-corrected chi connectivity index (χ0v) is 15.9. The van der Waals surface area contributed by atoms with Gasteiger partial charge in [-0.3, -0.25) is 4.79 Å². The van der Waals surface area contributed by atoms with Crippen LogP contribution in [0.15, 0.2) is 28.7 Å². The van der Waals surface area contributed by atoms with Crippen LogP contribution in [0.2, 0.25) is 0 Å². The molecule has 0 aliphatic carbocycles. The molecule has 1 aromatic carbocycles. The second-order valence-electron chi connectivity index (χ2n) is 6.67. The van der Waals surface area contributed by atoms with Gasteiger partial charge in [-0.25, -0.2) is 9.97 Å². The molecular weight excluding hydrogens is 380 g/mol. The van der Waals surface area contributed by atoms with E-state index < -0.39 is 0 Å². The van der Waals surface area contributed by atoms with E-state index >= 15 is 0 Å². The van der Waals surface area contributed by atoms with Gasteiger partial charge in [-0.05, 0) is 47.8 Å². The van der Waals surface area contributed by atoms with Crippen LogP contribution in [0.4, 0.5) is 5.82 Å². The van der Waals surface area contributed by atoms with Crippen LogP contribution in [0.25, 0.3) is 0 Å². The van der Waals surface area contributed by atoms with Crippen LogP contribution in [-0.2, 0) is 13.0 Å². The summed E-state index contributed by atoms with van der Waals surface area (Å²) in [4.78, 5) is 26.6. The quantitative estimate of drug-likeness (QED) is 0.775. The van der Waals surface area contributed by atoms with E-state index in [4.69, 9.17) is 4.98 Å². The van der Waals surface area contributed by atoms with Crippen molar-refractivity contribution in [3.63, 3.8) is 0 Å². The number of fused-ring (bicyclic) bond motifs is 1. The minimum Gasteiger partial charge on any atom is -0.356 e. The normalized spacial score (nSPS) is 16.9. The molecule has 1 amide bonds. The van der Waals surface area contributed by atoms with Gasteiger partial charge in [0.05, 0.1) is 17.8 Å². The molecule has 0 atom stereocenters. The molecule has 2 aliphatic rings. The highest BCUT2D eigenvalue weighted by molar-refractivity contribution is 9.10. The molecule has 0 saturated carbocycles. The van der Waals surface area contributed by atoms with Crippen molar-refractivity contribution in [2.24, 2.45) is 0 Å². The van der Waals surface area contributed by atoms with Crippen molar-refractivity contribution in [3.05, 3.63) is 51.4 Å². The molecule has 6 heteroatoms. The number of aryl methyl sites for hydroxylation is 1. The zero-order valence-electron chi connectivity index (χ0n) is 14.3. The lowest BCUT2D eigenvalue weighted by molar-refractivity contribution is 0.0732. The SMILES string of the molecule is Cc1nc2c(c(N3CCCC3)n1)CN(C(=O)c1ccccc1Br)CC2. The number of halogens is 1. The third-order valence-electron chi connectivity index (χ3n) is 4.95. The van der Waals surface area contributed by atoms with Crippen LogP contribution in [0, 0.1) is 6.92 Å². The smallest absolute Gasteiger partial charge is 0.255 e. The number of carbonyl (C=O) groups excluding carboxylic acids is 1. The minimum absolute atomic E-state index is 0.0612. The Kier molecular flexibility index (Phi) is 4.46. The van der Waals surface area contributed by atoms with E-state index in [9.17, 15) is 4.79 Å². The molecule has 1 aromatic heterocycles. The minimum atomic E-state index is 0.0612. The Bertz CT molecular complexity index is 817. The van der Waals surface area contributed by atoms with Crippen LogP contribution in [0.5, 0.6) is 0 Å². The van der Waals surface area contributed by atoms with Crippen molar-refractivity contribution < 1.29 is 4.79 Å². The predicted octanol–water partition coefficient (Wildman–Crippen LogP) is 3.35. The number of aromatic nitrogens is 2. The van der Waals surface area contributed by atoms with Gasteiger partial charge in [0, 0.05) is 36.1 Å². The first-order valence-electron chi connectivity index (χ1n) is 8.78. The second-order valence-corrected chi connectivity index (χ2v) is 7.52. The van der Waals surface area contributed by atoms with Crippen molar-refractivity contribution in [1.29, 1.82) is 0 Å². The van der Waals surface area contributed by atoms with Gasteiger partial charge in [-0.15, -0.1) is 0 Å². The topological polar surface area (TPSA) is 49.3 Å². The number of amides is 1. The molecule has 0 spiro atoms. The molecule has 0 unspecified atom stereocenters. The van der Waals surface area contributed by atoms with E-state index in [2.05, 4.69) is 25.8 Å². The molecule has 5 nitrogen and oxygen atoms in total. The molecule has 130 valence electrons. The summed E-state index contributed by atoms with van der Waals surface area (Å²) in [5.74, 6) is 1.92. The van der Waals surface area contributed by atoms with Crippen LogP contribution in [0.1, 0.15) is 40.3 Å². The summed E-state index contributed by atoms with van der Waals surface area (Å²) < 4.78 is 0.839. The number of anilines is 1. The first-order valence-corrected chi connectivity index (χ1v) is 9.58. The second kappa shape index (κ2) is 6.75. The Morgan fingerprint density at radius 3 is 2.64 bits per heavy atom. The average molecular weight is 401 g/mol. The number of hydrogen-bond donors (Lipinski definition) is 0. The van der Waals surface area contributed by atoms with Gasteiger partial charge >= 0.3 is 0 Å². The highest BCUT2D eigenvalue weighted by atomic mass is 79.9. The predicted molar refractivity (Wildman–Crippen MR) is 101 cm³/mol. The highest BCUT2D eigenvalue weighted by Crippen LogP contribution is 2.30. The van der Waals surface area contributed by atoms with Gasteiger partial charge in [-0.1, -0.05) is 12.1 Å². The number of hydrogen-bond acceptors (Lipinski definition) is 4. The summed E-state index contributed by atoms with van der Waals surface area (Å²) in [6, 6.07) is 7.61. The third-order valence-corrected chi connectivity index (χ3v) is 5.64. The standard InChI is InChI=1S/C19H21BrN4O/c1-13-21-17-8-11-24(19(25)14-6-2-3-7-16(14)20)12-15(17)18(22-13)23-9-4-5-10-23/h2-3,6-7H,4-5,8-12H2,1H3. The molecule has 0 N–H and O–H groups in total. The van der Waals surface area contributed by atoms with Gasteiger partial charge in [0.25, 0.3) is 5.91 Å². The fourth-order valence-electron chi connectivity index (χ4n) is 3.69. The monoisotopic (exact) mass is 400 g/mol. The maximum Gasteiger partial charge on any atom is 0.255 e. The Labute approximate surface area is 156 Å². The third kappa shape index (κ3) is 3.15. The molecule has 2 aliphatic heterocycles. The molecule has 4 rings (SSSR count). The Hall–Kier alpha value is -1.95. The highest BCUT2D eigenvalue weighted by Gasteiger charge is 2.29. The summed E-state index contributed by atoms with van der Waals surface area (Å²) in [6.45, 7) is 5.32. The van der Waals surface area contributed by atoms with Crippen LogP contribution >= 0.6 is 15.9 Å². The molecule has 0 radical (unpaired) electrons. The van der Waals surface area contributed by atoms with Crippen LogP contribution in [0.3, 0.4) is 0 Å². The summed E-state index contributed by atoms with van der Waals surface area (Å²) >= 11 is 3.49. The Morgan fingerprint density at radius 1 is 1.12 bits per heavy atom. The molecule has 0 bridgehead atoms. The first-order chi connectivity index (χ1) is 12.1. The lowest BCUT2D eigenvalue weighted by Crippen LogP contribution is -2.38. The maximum atomic E-state index is 13.0. The molecular formula is C19H21BrN4O. The maximum absolute atomic E-state index is 13.0. The lowest BCUT2D eigenvalue weighted by atomic mass is 10.0. The van der Waals surface area contributed by atoms with E-state index in [0.29, 0.717) is 18.7 Å². The summed E-state index contributed by atoms with van der Waals surface area (Å²) in [6.07, 6.45) is 3.20. The molecule has 1 fully saturated rings. The Morgan fingerprint density at radius 2 is 1.88 bits per heavy atom. The van der Waals surface area contributed by atoms with E-state index in [1.807, 2.05) is 36.1 Å². The van der Waals surface area contributed by atoms with E-state index in [1.165, 1.54) is 12.8 Å². The van der Waals surface area contributed by atoms with Gasteiger partial charge < -0.3 is 9.80 Å². The van der Waals surface area contributed by atoms with Gasteiger partial charge in [0.2, 0.25) is 0 Å². The fourth-order valence-corrected chi connectivity index (χ4v) is 4.14. The van der Waals surface area contributed by atoms with Crippen LogP contribution in [-0.4, -0.2) is 40.4 Å². The van der Waals surface area contributed by atoms with Gasteiger partial charge in [-0.2, -0.15) is 0 Å². The number of carbonyl (C=O) groups is 1. The van der Waals surface area contributed by atoms with E-state index in [1.54, 1.807) is 0 Å². The van der Waals surface area contributed by atoms with E-state index in [0.717, 1.165) is 46.9 Å². The number of rotatable bonds is 2. The van der Waals surface area contributed by atoms with Crippen molar-refractivity contribution in [1.82, 2.24) is 14.9 Å². The summed E-state index contributed by atoms with van der Waals surface area (Å²) in [5.41, 5.74) is 2.94. The summed E-state index contributed by atoms with van der Waals surface area (Å²) in [5, 5.41) is 0. The Balaban J connectivity index is 1.66. The zero-order chi connectivity index (χ0) is 17.4. The lowest BCUT2D eigenvalue weighted by Gasteiger charge is -2.32. The van der Waals surface area contributed by atoms with Crippen molar-refractivity contribution >= 4 is 27.7 Å². The van der Waals surface area contributed by atoms with Crippen molar-refractivity contribution in [2.75, 3.05) is 24.5 Å². The molecule has 3 heterocycles. The van der Waals surface area contributed by atoms with Crippen LogP contribution < -0.4 is 4.90 Å². The fraction of sp³-hybridized carbons (Fsp3) is 0.421. The van der Waals surface area contributed by atoms with Gasteiger partial charge in [0.1, 0.15) is 11.6 Å². The van der Waals surface area contributed by atoms with E-state index in [-0.39, 0.29) is 5.91 Å². The number of nitrogens with zero attached hydrogens (tertiary/aromatic N) is 4. The van der Waals surface area contributed by atoms with Crippen molar-refractivity contribution in [2.45, 2.75) is 32.7 Å². The van der Waals surface area contributed by atoms with Gasteiger partial charge in [0.15, 0.2) is 0 Å². The largest absolute Gasteiger partial charge is 0.356 e. The average Bonchev–Trinajstić information content (AvgIpc) is 3.15. The van der Waals surface area contributed by atoms with Crippen molar-refractivity contribution in [3.8, 4) is 0 Å². The molecule has 2 aromatic rings.